The van der Waals surface area contributed by atoms with Gasteiger partial charge in [-0.1, -0.05) is 18.2 Å². The number of carbonyl (C=O) groups excluding carboxylic acids is 1. The largest absolute Gasteiger partial charge is 0.323 e. The third-order valence-corrected chi connectivity index (χ3v) is 3.83. The van der Waals surface area contributed by atoms with E-state index in [0.717, 1.165) is 16.6 Å². The maximum Gasteiger partial charge on any atom is 0.238 e. The molecule has 0 aliphatic rings. The molecule has 1 amide bonds. The van der Waals surface area contributed by atoms with E-state index in [1.165, 1.54) is 5.56 Å². The molecule has 0 radical (unpaired) electrons. The third kappa shape index (κ3) is 3.45. The molecule has 0 aliphatic heterocycles. The normalized spacial score (nSPS) is 10.7. The standard InChI is InChI=1S/C16H15N3OS/c20-15(10-17-9-12-6-8-21-11-12)19-14-5-1-3-13-4-2-7-18-16(13)14/h1-8,11,17H,9-10H2,(H,19,20). The quantitative estimate of drug-likeness (QED) is 0.761. The summed E-state index contributed by atoms with van der Waals surface area (Å²) in [6.45, 7) is 0.976. The Hall–Kier alpha value is -2.24. The highest BCUT2D eigenvalue weighted by atomic mass is 32.1. The Morgan fingerprint density at radius 3 is 2.95 bits per heavy atom. The molecule has 0 fully saturated rings. The van der Waals surface area contributed by atoms with Crippen molar-refractivity contribution < 1.29 is 4.79 Å². The summed E-state index contributed by atoms with van der Waals surface area (Å²) in [5, 5.41) is 11.1. The van der Waals surface area contributed by atoms with Crippen molar-refractivity contribution >= 4 is 33.8 Å². The van der Waals surface area contributed by atoms with Crippen molar-refractivity contribution in [3.63, 3.8) is 0 Å². The molecule has 3 rings (SSSR count). The molecule has 21 heavy (non-hydrogen) atoms. The van der Waals surface area contributed by atoms with Crippen molar-refractivity contribution in [2.45, 2.75) is 6.54 Å². The number of pyridine rings is 1. The summed E-state index contributed by atoms with van der Waals surface area (Å²) in [7, 11) is 0. The molecule has 0 atom stereocenters. The minimum Gasteiger partial charge on any atom is -0.323 e. The number of hydrogen-bond acceptors (Lipinski definition) is 4. The lowest BCUT2D eigenvalue weighted by molar-refractivity contribution is -0.115. The maximum absolute atomic E-state index is 12.0. The second kappa shape index (κ2) is 6.47. The molecule has 4 nitrogen and oxygen atoms in total. The van der Waals surface area contributed by atoms with Gasteiger partial charge in [0.2, 0.25) is 5.91 Å². The summed E-state index contributed by atoms with van der Waals surface area (Å²) in [5.41, 5.74) is 2.75. The van der Waals surface area contributed by atoms with Gasteiger partial charge in [-0.05, 0) is 34.5 Å². The van der Waals surface area contributed by atoms with Gasteiger partial charge in [-0.25, -0.2) is 0 Å². The molecule has 2 N–H and O–H groups in total. The van der Waals surface area contributed by atoms with E-state index in [-0.39, 0.29) is 12.5 Å². The van der Waals surface area contributed by atoms with Crippen LogP contribution in [0.3, 0.4) is 0 Å². The van der Waals surface area contributed by atoms with Gasteiger partial charge >= 0.3 is 0 Å². The minimum absolute atomic E-state index is 0.0663. The monoisotopic (exact) mass is 297 g/mol. The second-order valence-corrected chi connectivity index (χ2v) is 5.44. The molecular weight excluding hydrogens is 282 g/mol. The molecule has 0 unspecified atom stereocenters. The zero-order chi connectivity index (χ0) is 14.5. The number of benzene rings is 1. The molecule has 5 heteroatoms. The first-order valence-electron chi connectivity index (χ1n) is 6.68. The molecule has 0 spiro atoms. The number of rotatable bonds is 5. The Morgan fingerprint density at radius 1 is 1.19 bits per heavy atom. The van der Waals surface area contributed by atoms with Gasteiger partial charge in [0.05, 0.1) is 17.7 Å². The summed E-state index contributed by atoms with van der Waals surface area (Å²) in [4.78, 5) is 16.3. The number of nitrogens with zero attached hydrogens (tertiary/aromatic N) is 1. The zero-order valence-corrected chi connectivity index (χ0v) is 12.2. The van der Waals surface area contributed by atoms with Gasteiger partial charge in [0.1, 0.15) is 0 Å². The first-order valence-corrected chi connectivity index (χ1v) is 7.62. The van der Waals surface area contributed by atoms with Crippen molar-refractivity contribution in [1.82, 2.24) is 10.3 Å². The van der Waals surface area contributed by atoms with Gasteiger partial charge < -0.3 is 10.6 Å². The Kier molecular flexibility index (Phi) is 4.23. The van der Waals surface area contributed by atoms with Crippen LogP contribution in [0.25, 0.3) is 10.9 Å². The van der Waals surface area contributed by atoms with Crippen LogP contribution >= 0.6 is 11.3 Å². The predicted molar refractivity (Wildman–Crippen MR) is 86.4 cm³/mol. The van der Waals surface area contributed by atoms with Gasteiger partial charge in [-0.15, -0.1) is 0 Å². The van der Waals surface area contributed by atoms with Crippen LogP contribution in [0, 0.1) is 0 Å². The Labute approximate surface area is 126 Å². The highest BCUT2D eigenvalue weighted by molar-refractivity contribution is 7.07. The topological polar surface area (TPSA) is 54.0 Å². The molecule has 106 valence electrons. The number of nitrogens with one attached hydrogen (secondary N) is 2. The summed E-state index contributed by atoms with van der Waals surface area (Å²) >= 11 is 1.65. The van der Waals surface area contributed by atoms with Crippen LogP contribution in [0.15, 0.2) is 53.4 Å². The van der Waals surface area contributed by atoms with E-state index >= 15 is 0 Å². The van der Waals surface area contributed by atoms with Gasteiger partial charge in [-0.2, -0.15) is 11.3 Å². The number of thiophene rings is 1. The fraction of sp³-hybridized carbons (Fsp3) is 0.125. The third-order valence-electron chi connectivity index (χ3n) is 3.10. The molecule has 0 aliphatic carbocycles. The average molecular weight is 297 g/mol. The molecule has 0 saturated heterocycles. The molecule has 0 saturated carbocycles. The number of hydrogen-bond donors (Lipinski definition) is 2. The Balaban J connectivity index is 1.61. The van der Waals surface area contributed by atoms with E-state index in [9.17, 15) is 4.79 Å². The number of carbonyl (C=O) groups is 1. The van der Waals surface area contributed by atoms with E-state index in [1.54, 1.807) is 17.5 Å². The van der Waals surface area contributed by atoms with Crippen LogP contribution in [0.5, 0.6) is 0 Å². The average Bonchev–Trinajstić information content (AvgIpc) is 3.01. The van der Waals surface area contributed by atoms with E-state index < -0.39 is 0 Å². The molecule has 0 bridgehead atoms. The summed E-state index contributed by atoms with van der Waals surface area (Å²) in [5.74, 6) is -0.0663. The van der Waals surface area contributed by atoms with Crippen LogP contribution in [-0.4, -0.2) is 17.4 Å². The van der Waals surface area contributed by atoms with E-state index in [1.807, 2.05) is 41.8 Å². The first-order chi connectivity index (χ1) is 10.3. The van der Waals surface area contributed by atoms with Gasteiger partial charge in [0.15, 0.2) is 0 Å². The van der Waals surface area contributed by atoms with Crippen molar-refractivity contribution in [3.8, 4) is 0 Å². The Bertz CT molecular complexity index is 735. The summed E-state index contributed by atoms with van der Waals surface area (Å²) < 4.78 is 0. The van der Waals surface area contributed by atoms with Crippen molar-refractivity contribution in [3.05, 3.63) is 58.9 Å². The number of aromatic nitrogens is 1. The van der Waals surface area contributed by atoms with Crippen LogP contribution in [0.4, 0.5) is 5.69 Å². The van der Waals surface area contributed by atoms with Crippen LogP contribution in [-0.2, 0) is 11.3 Å². The lowest BCUT2D eigenvalue weighted by Gasteiger charge is -2.08. The van der Waals surface area contributed by atoms with Gasteiger partial charge in [0.25, 0.3) is 0 Å². The zero-order valence-electron chi connectivity index (χ0n) is 11.4. The molecule has 2 aromatic heterocycles. The number of amides is 1. The van der Waals surface area contributed by atoms with Crippen molar-refractivity contribution in [1.29, 1.82) is 0 Å². The molecule has 3 aromatic rings. The van der Waals surface area contributed by atoms with Crippen LogP contribution in [0.1, 0.15) is 5.56 Å². The predicted octanol–water partition coefficient (Wildman–Crippen LogP) is 3.02. The van der Waals surface area contributed by atoms with Crippen LogP contribution in [0.2, 0.25) is 0 Å². The van der Waals surface area contributed by atoms with E-state index in [4.69, 9.17) is 0 Å². The fourth-order valence-corrected chi connectivity index (χ4v) is 2.78. The highest BCUT2D eigenvalue weighted by Gasteiger charge is 2.06. The van der Waals surface area contributed by atoms with Gasteiger partial charge in [0, 0.05) is 18.1 Å². The van der Waals surface area contributed by atoms with E-state index in [0.29, 0.717) is 6.54 Å². The Morgan fingerprint density at radius 2 is 2.10 bits per heavy atom. The highest BCUT2D eigenvalue weighted by Crippen LogP contribution is 2.20. The number of anilines is 1. The van der Waals surface area contributed by atoms with Crippen molar-refractivity contribution in [2.75, 3.05) is 11.9 Å². The lowest BCUT2D eigenvalue weighted by Crippen LogP contribution is -2.27. The number of para-hydroxylation sites is 1. The molecular formula is C16H15N3OS. The molecule has 1 aromatic carbocycles. The maximum atomic E-state index is 12.0. The second-order valence-electron chi connectivity index (χ2n) is 4.66. The molecule has 2 heterocycles. The smallest absolute Gasteiger partial charge is 0.238 e. The fourth-order valence-electron chi connectivity index (χ4n) is 2.11. The summed E-state index contributed by atoms with van der Waals surface area (Å²) in [6.07, 6.45) is 1.73. The lowest BCUT2D eigenvalue weighted by atomic mass is 10.2. The van der Waals surface area contributed by atoms with Crippen LogP contribution < -0.4 is 10.6 Å². The summed E-state index contributed by atoms with van der Waals surface area (Å²) in [6, 6.07) is 11.7. The van der Waals surface area contributed by atoms with E-state index in [2.05, 4.69) is 21.0 Å². The van der Waals surface area contributed by atoms with Gasteiger partial charge in [-0.3, -0.25) is 9.78 Å². The minimum atomic E-state index is -0.0663. The number of fused-ring (bicyclic) bond motifs is 1. The first kappa shape index (κ1) is 13.7. The SMILES string of the molecule is O=C(CNCc1ccsc1)Nc1cccc2cccnc12. The van der Waals surface area contributed by atoms with Crippen molar-refractivity contribution in [2.24, 2.45) is 0 Å².